The van der Waals surface area contributed by atoms with E-state index in [0.717, 1.165) is 23.7 Å². The van der Waals surface area contributed by atoms with E-state index in [1.54, 1.807) is 0 Å². The zero-order chi connectivity index (χ0) is 17.7. The molecule has 0 saturated carbocycles. The maximum absolute atomic E-state index is 12.3. The molecule has 2 nitrogen and oxygen atoms in total. The largest absolute Gasteiger partial charge is 0.457 e. The molecule has 0 aliphatic rings. The summed E-state index contributed by atoms with van der Waals surface area (Å²) in [6, 6.07) is 20.2. The van der Waals surface area contributed by atoms with Crippen molar-refractivity contribution < 1.29 is 9.53 Å². The molecule has 0 N–H and O–H groups in total. The molecule has 0 aliphatic carbocycles. The van der Waals surface area contributed by atoms with Crippen LogP contribution in [0.3, 0.4) is 0 Å². The SMILES string of the molecule is O=C(CCCCCCCBr)OC(Cc1ccccc1)c1ccccc1. The minimum atomic E-state index is -0.218. The van der Waals surface area contributed by atoms with Crippen LogP contribution in [0.1, 0.15) is 55.8 Å². The smallest absolute Gasteiger partial charge is 0.306 e. The summed E-state index contributed by atoms with van der Waals surface area (Å²) in [6.45, 7) is 0. The predicted molar refractivity (Wildman–Crippen MR) is 107 cm³/mol. The van der Waals surface area contributed by atoms with E-state index in [9.17, 15) is 4.79 Å². The Morgan fingerprint density at radius 2 is 1.44 bits per heavy atom. The summed E-state index contributed by atoms with van der Waals surface area (Å²) in [6.07, 6.45) is 6.62. The van der Waals surface area contributed by atoms with Crippen LogP contribution in [0.25, 0.3) is 0 Å². The third-order valence-electron chi connectivity index (χ3n) is 4.22. The minimum Gasteiger partial charge on any atom is -0.457 e. The molecule has 0 saturated heterocycles. The molecule has 0 fully saturated rings. The molecule has 134 valence electrons. The quantitative estimate of drug-likeness (QED) is 0.252. The summed E-state index contributed by atoms with van der Waals surface area (Å²) in [5, 5.41) is 1.06. The van der Waals surface area contributed by atoms with Crippen molar-refractivity contribution in [2.45, 2.75) is 51.0 Å². The van der Waals surface area contributed by atoms with Gasteiger partial charge in [0.1, 0.15) is 6.10 Å². The third kappa shape index (κ3) is 7.87. The lowest BCUT2D eigenvalue weighted by Gasteiger charge is -2.18. The first-order chi connectivity index (χ1) is 12.3. The van der Waals surface area contributed by atoms with Gasteiger partial charge in [-0.25, -0.2) is 0 Å². The van der Waals surface area contributed by atoms with Gasteiger partial charge < -0.3 is 4.74 Å². The van der Waals surface area contributed by atoms with Gasteiger partial charge >= 0.3 is 5.97 Å². The Bertz CT molecular complexity index is 598. The van der Waals surface area contributed by atoms with Crippen LogP contribution in [0.2, 0.25) is 0 Å². The van der Waals surface area contributed by atoms with Crippen LogP contribution in [0.15, 0.2) is 60.7 Å². The molecule has 2 aromatic rings. The molecule has 3 heteroatoms. The van der Waals surface area contributed by atoms with Gasteiger partial charge in [0.05, 0.1) is 0 Å². The fraction of sp³-hybridized carbons (Fsp3) is 0.409. The number of hydrogen-bond donors (Lipinski definition) is 0. The summed E-state index contributed by atoms with van der Waals surface area (Å²) in [5.74, 6) is -0.0923. The van der Waals surface area contributed by atoms with Crippen molar-refractivity contribution in [3.8, 4) is 0 Å². The number of alkyl halides is 1. The Balaban J connectivity index is 1.86. The highest BCUT2D eigenvalue weighted by Crippen LogP contribution is 2.23. The number of esters is 1. The van der Waals surface area contributed by atoms with E-state index >= 15 is 0 Å². The van der Waals surface area contributed by atoms with E-state index in [1.165, 1.54) is 24.8 Å². The molecular weight excluding hydrogens is 376 g/mol. The van der Waals surface area contributed by atoms with E-state index < -0.39 is 0 Å². The number of ether oxygens (including phenoxy) is 1. The van der Waals surface area contributed by atoms with Gasteiger partial charge in [0.25, 0.3) is 0 Å². The lowest BCUT2D eigenvalue weighted by molar-refractivity contribution is -0.149. The van der Waals surface area contributed by atoms with E-state index in [1.807, 2.05) is 48.5 Å². The van der Waals surface area contributed by atoms with Crippen molar-refractivity contribution in [2.75, 3.05) is 5.33 Å². The highest BCUT2D eigenvalue weighted by Gasteiger charge is 2.17. The minimum absolute atomic E-state index is 0.0923. The first-order valence-electron chi connectivity index (χ1n) is 9.14. The maximum atomic E-state index is 12.3. The van der Waals surface area contributed by atoms with Crippen molar-refractivity contribution in [1.82, 2.24) is 0 Å². The summed E-state index contributed by atoms with van der Waals surface area (Å²) < 4.78 is 5.82. The zero-order valence-corrected chi connectivity index (χ0v) is 16.3. The third-order valence-corrected chi connectivity index (χ3v) is 4.78. The number of benzene rings is 2. The predicted octanol–water partition coefficient (Wildman–Crippen LogP) is 6.25. The van der Waals surface area contributed by atoms with E-state index in [4.69, 9.17) is 4.74 Å². The zero-order valence-electron chi connectivity index (χ0n) is 14.7. The van der Waals surface area contributed by atoms with Crippen LogP contribution >= 0.6 is 15.9 Å². The van der Waals surface area contributed by atoms with Crippen molar-refractivity contribution in [1.29, 1.82) is 0 Å². The van der Waals surface area contributed by atoms with Crippen molar-refractivity contribution in [2.24, 2.45) is 0 Å². The van der Waals surface area contributed by atoms with Crippen molar-refractivity contribution >= 4 is 21.9 Å². The Labute approximate surface area is 159 Å². The fourth-order valence-corrected chi connectivity index (χ4v) is 3.23. The molecule has 2 rings (SSSR count). The molecule has 0 aromatic heterocycles. The van der Waals surface area contributed by atoms with Gasteiger partial charge in [-0.15, -0.1) is 0 Å². The number of hydrogen-bond acceptors (Lipinski definition) is 2. The monoisotopic (exact) mass is 402 g/mol. The molecule has 2 aromatic carbocycles. The molecule has 1 unspecified atom stereocenters. The number of rotatable bonds is 11. The number of unbranched alkanes of at least 4 members (excludes halogenated alkanes) is 4. The first-order valence-corrected chi connectivity index (χ1v) is 10.3. The van der Waals surface area contributed by atoms with Gasteiger partial charge in [-0.3, -0.25) is 4.79 Å². The molecule has 0 aliphatic heterocycles. The van der Waals surface area contributed by atoms with Crippen LogP contribution in [-0.2, 0) is 16.0 Å². The molecule has 0 bridgehead atoms. The summed E-state index contributed by atoms with van der Waals surface area (Å²) in [5.41, 5.74) is 2.23. The normalized spacial score (nSPS) is 11.9. The second-order valence-electron chi connectivity index (χ2n) is 6.29. The van der Waals surface area contributed by atoms with E-state index in [-0.39, 0.29) is 12.1 Å². The molecule has 0 amide bonds. The fourth-order valence-electron chi connectivity index (χ4n) is 2.84. The van der Waals surface area contributed by atoms with E-state index in [2.05, 4.69) is 28.1 Å². The molecule has 0 heterocycles. The van der Waals surface area contributed by atoms with Gasteiger partial charge in [0.2, 0.25) is 0 Å². The molecule has 1 atom stereocenters. The Morgan fingerprint density at radius 1 is 0.840 bits per heavy atom. The van der Waals surface area contributed by atoms with E-state index in [0.29, 0.717) is 12.8 Å². The van der Waals surface area contributed by atoms with Gasteiger partial charge in [0.15, 0.2) is 0 Å². The van der Waals surface area contributed by atoms with Gasteiger partial charge in [-0.1, -0.05) is 95.9 Å². The van der Waals surface area contributed by atoms with Crippen LogP contribution < -0.4 is 0 Å². The standard InChI is InChI=1S/C22H27BrO2/c23-17-11-3-1-2-10-16-22(24)25-21(20-14-8-5-9-15-20)18-19-12-6-4-7-13-19/h4-9,12-15,21H,1-3,10-11,16-18H2. The number of halogens is 1. The number of carbonyl (C=O) groups is 1. The lowest BCUT2D eigenvalue weighted by Crippen LogP contribution is -2.13. The van der Waals surface area contributed by atoms with Gasteiger partial charge in [-0.05, 0) is 24.0 Å². The van der Waals surface area contributed by atoms with Gasteiger partial charge in [-0.2, -0.15) is 0 Å². The summed E-state index contributed by atoms with van der Waals surface area (Å²) >= 11 is 3.44. The molecule has 0 spiro atoms. The highest BCUT2D eigenvalue weighted by atomic mass is 79.9. The molecule has 25 heavy (non-hydrogen) atoms. The molecular formula is C22H27BrO2. The second-order valence-corrected chi connectivity index (χ2v) is 7.08. The van der Waals surface area contributed by atoms with Crippen LogP contribution in [-0.4, -0.2) is 11.3 Å². The maximum Gasteiger partial charge on any atom is 0.306 e. The summed E-state index contributed by atoms with van der Waals surface area (Å²) in [4.78, 5) is 12.3. The van der Waals surface area contributed by atoms with Crippen LogP contribution in [0.5, 0.6) is 0 Å². The van der Waals surface area contributed by atoms with Crippen molar-refractivity contribution in [3.05, 3.63) is 71.8 Å². The molecule has 0 radical (unpaired) electrons. The Hall–Kier alpha value is -1.61. The average molecular weight is 403 g/mol. The Morgan fingerprint density at radius 3 is 2.12 bits per heavy atom. The highest BCUT2D eigenvalue weighted by molar-refractivity contribution is 9.09. The van der Waals surface area contributed by atoms with Gasteiger partial charge in [0, 0.05) is 18.2 Å². The lowest BCUT2D eigenvalue weighted by atomic mass is 10.0. The second kappa shape index (κ2) is 11.9. The summed E-state index contributed by atoms with van der Waals surface area (Å²) in [7, 11) is 0. The number of carbonyl (C=O) groups excluding carboxylic acids is 1. The first kappa shape index (κ1) is 19.7. The van der Waals surface area contributed by atoms with Crippen LogP contribution in [0, 0.1) is 0 Å². The van der Waals surface area contributed by atoms with Crippen molar-refractivity contribution in [3.63, 3.8) is 0 Å². The topological polar surface area (TPSA) is 26.3 Å². The Kier molecular flexibility index (Phi) is 9.35. The van der Waals surface area contributed by atoms with Crippen LogP contribution in [0.4, 0.5) is 0 Å². The average Bonchev–Trinajstić information content (AvgIpc) is 2.65.